The molecule has 3 atom stereocenters. The number of carbonyl (C=O) groups excluding carboxylic acids is 1. The fourth-order valence-electron chi connectivity index (χ4n) is 4.65. The SMILES string of the molecule is CCCCCCCC/C=C\CCCCC(O)C(=O)NC(CO)C(O)/C=C/CCCCCCCCCCCC. The number of carbonyl (C=O) groups is 1. The largest absolute Gasteiger partial charge is 0.394 e. The molecule has 0 spiro atoms. The van der Waals surface area contributed by atoms with Gasteiger partial charge in [-0.1, -0.05) is 134 Å². The number of hydrogen-bond donors (Lipinski definition) is 4. The van der Waals surface area contributed by atoms with Crippen molar-refractivity contribution >= 4 is 5.91 Å². The summed E-state index contributed by atoms with van der Waals surface area (Å²) in [6, 6.07) is -0.800. The van der Waals surface area contributed by atoms with E-state index in [0.717, 1.165) is 38.5 Å². The van der Waals surface area contributed by atoms with Gasteiger partial charge in [-0.25, -0.2) is 0 Å². The molecule has 224 valence electrons. The van der Waals surface area contributed by atoms with Crippen LogP contribution in [-0.2, 0) is 4.79 Å². The van der Waals surface area contributed by atoms with E-state index in [2.05, 4.69) is 31.3 Å². The zero-order valence-electron chi connectivity index (χ0n) is 25.1. The minimum atomic E-state index is -1.11. The molecule has 0 fully saturated rings. The van der Waals surface area contributed by atoms with Crippen LogP contribution < -0.4 is 5.32 Å². The van der Waals surface area contributed by atoms with Crippen molar-refractivity contribution in [1.29, 1.82) is 0 Å². The molecule has 38 heavy (non-hydrogen) atoms. The van der Waals surface area contributed by atoms with Gasteiger partial charge in [0.25, 0.3) is 0 Å². The number of aliphatic hydroxyl groups is 3. The van der Waals surface area contributed by atoms with Crippen molar-refractivity contribution in [1.82, 2.24) is 5.32 Å². The molecule has 0 aromatic carbocycles. The number of amides is 1. The van der Waals surface area contributed by atoms with Gasteiger partial charge in [-0.2, -0.15) is 0 Å². The summed E-state index contributed by atoms with van der Waals surface area (Å²) in [5.41, 5.74) is 0. The summed E-state index contributed by atoms with van der Waals surface area (Å²) >= 11 is 0. The molecule has 0 heterocycles. The first-order chi connectivity index (χ1) is 18.6. The highest BCUT2D eigenvalue weighted by atomic mass is 16.3. The van der Waals surface area contributed by atoms with Gasteiger partial charge in [-0.3, -0.25) is 4.79 Å². The van der Waals surface area contributed by atoms with Crippen LogP contribution in [0.3, 0.4) is 0 Å². The van der Waals surface area contributed by atoms with Crippen LogP contribution in [0, 0.1) is 0 Å². The fourth-order valence-corrected chi connectivity index (χ4v) is 4.65. The van der Waals surface area contributed by atoms with E-state index in [1.165, 1.54) is 96.3 Å². The number of allylic oxidation sites excluding steroid dienone is 3. The third kappa shape index (κ3) is 23.9. The second-order valence-corrected chi connectivity index (χ2v) is 11.0. The summed E-state index contributed by atoms with van der Waals surface area (Å²) in [6.45, 7) is 4.12. The van der Waals surface area contributed by atoms with Gasteiger partial charge in [0.05, 0.1) is 18.8 Å². The van der Waals surface area contributed by atoms with Gasteiger partial charge < -0.3 is 20.6 Å². The number of aliphatic hydroxyl groups excluding tert-OH is 3. The molecule has 0 bridgehead atoms. The van der Waals surface area contributed by atoms with Crippen molar-refractivity contribution in [2.45, 2.75) is 173 Å². The van der Waals surface area contributed by atoms with Gasteiger partial charge in [-0.05, 0) is 44.9 Å². The number of unbranched alkanes of at least 4 members (excludes halogenated alkanes) is 18. The maximum absolute atomic E-state index is 12.3. The van der Waals surface area contributed by atoms with Crippen LogP contribution in [-0.4, -0.2) is 46.1 Å². The standard InChI is InChI=1S/C33H63NO4/c1-3-5-7-9-11-13-15-17-19-21-23-25-27-31(36)30(29-35)34-33(38)32(37)28-26-24-22-20-18-16-14-12-10-8-6-4-2/h18,20,25,27,30-32,35-37H,3-17,19,21-24,26,28-29H2,1-2H3,(H,34,38)/b20-18-,27-25+. The van der Waals surface area contributed by atoms with E-state index in [1.807, 2.05) is 6.08 Å². The highest BCUT2D eigenvalue weighted by Crippen LogP contribution is 2.12. The van der Waals surface area contributed by atoms with Crippen LogP contribution in [0.15, 0.2) is 24.3 Å². The monoisotopic (exact) mass is 537 g/mol. The van der Waals surface area contributed by atoms with E-state index in [-0.39, 0.29) is 6.61 Å². The lowest BCUT2D eigenvalue weighted by atomic mass is 10.1. The van der Waals surface area contributed by atoms with E-state index in [9.17, 15) is 20.1 Å². The molecule has 4 N–H and O–H groups in total. The van der Waals surface area contributed by atoms with Gasteiger partial charge in [-0.15, -0.1) is 0 Å². The molecular formula is C33H63NO4. The van der Waals surface area contributed by atoms with Crippen molar-refractivity contribution in [3.8, 4) is 0 Å². The summed E-state index contributed by atoms with van der Waals surface area (Å²) in [5.74, 6) is -0.523. The third-order valence-electron chi connectivity index (χ3n) is 7.29. The Balaban J connectivity index is 3.86. The van der Waals surface area contributed by atoms with Gasteiger partial charge in [0.15, 0.2) is 0 Å². The van der Waals surface area contributed by atoms with Crippen LogP contribution in [0.1, 0.15) is 155 Å². The van der Waals surface area contributed by atoms with Crippen molar-refractivity contribution < 1.29 is 20.1 Å². The fraction of sp³-hybridized carbons (Fsp3) is 0.848. The maximum atomic E-state index is 12.3. The molecule has 0 aliphatic heterocycles. The Bertz CT molecular complexity index is 563. The Labute approximate surface area is 235 Å². The molecule has 0 aliphatic rings. The average molecular weight is 538 g/mol. The molecule has 0 aliphatic carbocycles. The van der Waals surface area contributed by atoms with E-state index >= 15 is 0 Å². The van der Waals surface area contributed by atoms with Crippen LogP contribution >= 0.6 is 0 Å². The Kier molecular flexibility index (Phi) is 27.9. The first-order valence-electron chi connectivity index (χ1n) is 16.2. The van der Waals surface area contributed by atoms with Crippen molar-refractivity contribution in [3.05, 3.63) is 24.3 Å². The van der Waals surface area contributed by atoms with E-state index in [1.54, 1.807) is 6.08 Å². The Morgan fingerprint density at radius 2 is 1.05 bits per heavy atom. The van der Waals surface area contributed by atoms with E-state index in [4.69, 9.17) is 0 Å². The predicted molar refractivity (Wildman–Crippen MR) is 162 cm³/mol. The van der Waals surface area contributed by atoms with Gasteiger partial charge >= 0.3 is 0 Å². The van der Waals surface area contributed by atoms with Crippen molar-refractivity contribution in [2.75, 3.05) is 6.61 Å². The van der Waals surface area contributed by atoms with Crippen LogP contribution in [0.2, 0.25) is 0 Å². The third-order valence-corrected chi connectivity index (χ3v) is 7.29. The molecule has 0 rings (SSSR count). The molecular weight excluding hydrogens is 474 g/mol. The van der Waals surface area contributed by atoms with Gasteiger partial charge in [0, 0.05) is 0 Å². The summed E-state index contributed by atoms with van der Waals surface area (Å²) in [7, 11) is 0. The predicted octanol–water partition coefficient (Wildman–Crippen LogP) is 7.92. The van der Waals surface area contributed by atoms with E-state index < -0.39 is 24.2 Å². The minimum absolute atomic E-state index is 0.369. The number of hydrogen-bond acceptors (Lipinski definition) is 4. The van der Waals surface area contributed by atoms with Crippen molar-refractivity contribution in [3.63, 3.8) is 0 Å². The highest BCUT2D eigenvalue weighted by Gasteiger charge is 2.22. The second kappa shape index (κ2) is 28.8. The Morgan fingerprint density at radius 3 is 1.53 bits per heavy atom. The number of rotatable bonds is 28. The molecule has 0 saturated carbocycles. The summed E-state index contributed by atoms with van der Waals surface area (Å²) in [4.78, 5) is 12.3. The Morgan fingerprint density at radius 1 is 0.632 bits per heavy atom. The van der Waals surface area contributed by atoms with Crippen LogP contribution in [0.5, 0.6) is 0 Å². The average Bonchev–Trinajstić information content (AvgIpc) is 2.92. The van der Waals surface area contributed by atoms with Gasteiger partial charge in [0.2, 0.25) is 5.91 Å². The molecule has 1 amide bonds. The maximum Gasteiger partial charge on any atom is 0.249 e. The second-order valence-electron chi connectivity index (χ2n) is 11.0. The van der Waals surface area contributed by atoms with Gasteiger partial charge in [0.1, 0.15) is 6.10 Å². The lowest BCUT2D eigenvalue weighted by molar-refractivity contribution is -0.131. The molecule has 0 radical (unpaired) electrons. The lowest BCUT2D eigenvalue weighted by Gasteiger charge is -2.21. The van der Waals surface area contributed by atoms with Crippen LogP contribution in [0.4, 0.5) is 0 Å². The molecule has 0 aromatic heterocycles. The van der Waals surface area contributed by atoms with Crippen molar-refractivity contribution in [2.24, 2.45) is 0 Å². The topological polar surface area (TPSA) is 89.8 Å². The van der Waals surface area contributed by atoms with Crippen LogP contribution in [0.25, 0.3) is 0 Å². The normalized spacial score (nSPS) is 14.3. The summed E-state index contributed by atoms with van der Waals surface area (Å²) in [6.07, 6.45) is 31.8. The summed E-state index contributed by atoms with van der Waals surface area (Å²) < 4.78 is 0. The first kappa shape index (κ1) is 36.8. The molecule has 0 saturated heterocycles. The highest BCUT2D eigenvalue weighted by molar-refractivity contribution is 5.80. The quantitative estimate of drug-likeness (QED) is 0.0603. The molecule has 0 aromatic rings. The zero-order chi connectivity index (χ0) is 28.1. The minimum Gasteiger partial charge on any atom is -0.394 e. The zero-order valence-corrected chi connectivity index (χ0v) is 25.1. The smallest absolute Gasteiger partial charge is 0.249 e. The van der Waals surface area contributed by atoms with E-state index in [0.29, 0.717) is 6.42 Å². The number of nitrogens with one attached hydrogen (secondary N) is 1. The summed E-state index contributed by atoms with van der Waals surface area (Å²) in [5, 5.41) is 32.7. The Hall–Kier alpha value is -1.17. The lowest BCUT2D eigenvalue weighted by Crippen LogP contribution is -2.48. The molecule has 3 unspecified atom stereocenters. The first-order valence-corrected chi connectivity index (χ1v) is 16.2. The molecule has 5 nitrogen and oxygen atoms in total. The molecule has 5 heteroatoms.